The molecule has 0 radical (unpaired) electrons. The van der Waals surface area contributed by atoms with Gasteiger partial charge in [0.1, 0.15) is 11.5 Å². The fourth-order valence-corrected chi connectivity index (χ4v) is 5.32. The lowest BCUT2D eigenvalue weighted by atomic mass is 9.92. The van der Waals surface area contributed by atoms with E-state index in [2.05, 4.69) is 15.8 Å². The van der Waals surface area contributed by atoms with Gasteiger partial charge < -0.3 is 25.0 Å². The number of aromatic nitrogens is 1. The van der Waals surface area contributed by atoms with Crippen LogP contribution in [0.4, 0.5) is 5.69 Å². The van der Waals surface area contributed by atoms with Gasteiger partial charge in [-0.15, -0.1) is 0 Å². The van der Waals surface area contributed by atoms with Gasteiger partial charge in [0, 0.05) is 18.6 Å². The van der Waals surface area contributed by atoms with Gasteiger partial charge in [-0.1, -0.05) is 23.4 Å². The molecule has 0 spiro atoms. The van der Waals surface area contributed by atoms with Crippen LogP contribution in [-0.4, -0.2) is 35.4 Å². The molecule has 5 rings (SSSR count). The Kier molecular flexibility index (Phi) is 7.56. The maximum Gasteiger partial charge on any atom is 0.221 e. The number of ether oxygens (including phenoxy) is 1. The third kappa shape index (κ3) is 5.73. The van der Waals surface area contributed by atoms with Crippen molar-refractivity contribution in [1.82, 2.24) is 10.5 Å². The predicted molar refractivity (Wildman–Crippen MR) is 140 cm³/mol. The van der Waals surface area contributed by atoms with E-state index < -0.39 is 0 Å². The molecule has 0 bridgehead atoms. The highest BCUT2D eigenvalue weighted by molar-refractivity contribution is 5.91. The summed E-state index contributed by atoms with van der Waals surface area (Å²) in [5.74, 6) is 1.90. The number of rotatable bonds is 8. The van der Waals surface area contributed by atoms with E-state index in [0.29, 0.717) is 28.3 Å². The van der Waals surface area contributed by atoms with Crippen LogP contribution in [0.25, 0.3) is 22.5 Å². The van der Waals surface area contributed by atoms with Gasteiger partial charge >= 0.3 is 0 Å². The first kappa shape index (κ1) is 24.4. The minimum atomic E-state index is -0.148. The third-order valence-electron chi connectivity index (χ3n) is 7.33. The highest BCUT2D eigenvalue weighted by Crippen LogP contribution is 2.41. The Hall–Kier alpha value is -3.32. The van der Waals surface area contributed by atoms with Crippen molar-refractivity contribution in [3.63, 3.8) is 0 Å². The van der Waals surface area contributed by atoms with Crippen molar-refractivity contribution in [2.75, 3.05) is 18.4 Å². The maximum absolute atomic E-state index is 11.7. The van der Waals surface area contributed by atoms with Crippen LogP contribution in [0.1, 0.15) is 57.6 Å². The van der Waals surface area contributed by atoms with Crippen LogP contribution in [0.3, 0.4) is 0 Å². The third-order valence-corrected chi connectivity index (χ3v) is 7.33. The number of piperidine rings is 1. The summed E-state index contributed by atoms with van der Waals surface area (Å²) in [5.41, 5.74) is 3.65. The number of phenolic OH excluding ortho intramolecular Hbond substituents is 1. The molecule has 1 saturated heterocycles. The summed E-state index contributed by atoms with van der Waals surface area (Å²) in [7, 11) is 0. The Bertz CT molecular complexity index is 1190. The summed E-state index contributed by atoms with van der Waals surface area (Å²) in [6.07, 6.45) is 8.86. The summed E-state index contributed by atoms with van der Waals surface area (Å²) in [6.45, 7) is 3.67. The van der Waals surface area contributed by atoms with Crippen molar-refractivity contribution in [2.45, 2.75) is 64.4 Å². The Balaban J connectivity index is 1.38. The standard InChI is InChI=1S/C29H35N3O4/c1-19(33)31-26-12-10-21(17-28(26)35-23-5-2-3-6-23)24-7-4-8-25(29(24)34)27-18-22(32-36-27)11-9-20-13-15-30-16-14-20/h4,7-8,10,12,17-18,20,23,30,34H,2-3,5-6,9,11,13-16H2,1H3,(H,31,33). The number of hydrogen-bond donors (Lipinski definition) is 3. The quantitative estimate of drug-likeness (QED) is 0.363. The number of carbonyl (C=O) groups is 1. The van der Waals surface area contributed by atoms with E-state index in [-0.39, 0.29) is 17.8 Å². The summed E-state index contributed by atoms with van der Waals surface area (Å²) in [5, 5.41) is 21.8. The van der Waals surface area contributed by atoms with Crippen LogP contribution in [0, 0.1) is 5.92 Å². The highest BCUT2D eigenvalue weighted by atomic mass is 16.5. The fraction of sp³-hybridized carbons (Fsp3) is 0.448. The van der Waals surface area contributed by atoms with Gasteiger partial charge in [0.25, 0.3) is 0 Å². The van der Waals surface area contributed by atoms with E-state index in [4.69, 9.17) is 9.26 Å². The molecule has 2 heterocycles. The molecule has 1 aliphatic carbocycles. The predicted octanol–water partition coefficient (Wildman–Crippen LogP) is 5.93. The number of nitrogens with zero attached hydrogens (tertiary/aromatic N) is 1. The molecule has 1 aromatic heterocycles. The second-order valence-electron chi connectivity index (χ2n) is 10.0. The lowest BCUT2D eigenvalue weighted by Gasteiger charge is -2.21. The highest BCUT2D eigenvalue weighted by Gasteiger charge is 2.21. The molecule has 0 atom stereocenters. The van der Waals surface area contributed by atoms with Gasteiger partial charge in [0.2, 0.25) is 5.91 Å². The van der Waals surface area contributed by atoms with Crippen molar-refractivity contribution in [3.8, 4) is 33.9 Å². The Morgan fingerprint density at radius 1 is 1.11 bits per heavy atom. The first-order chi connectivity index (χ1) is 17.6. The maximum atomic E-state index is 11.7. The van der Waals surface area contributed by atoms with Gasteiger partial charge in [-0.25, -0.2) is 0 Å². The Morgan fingerprint density at radius 3 is 2.67 bits per heavy atom. The molecule has 3 N–H and O–H groups in total. The molecule has 1 amide bonds. The van der Waals surface area contributed by atoms with Gasteiger partial charge in [-0.2, -0.15) is 0 Å². The topological polar surface area (TPSA) is 96.6 Å². The first-order valence-corrected chi connectivity index (χ1v) is 13.1. The number of hydrogen-bond acceptors (Lipinski definition) is 6. The monoisotopic (exact) mass is 489 g/mol. The fourth-order valence-electron chi connectivity index (χ4n) is 5.32. The van der Waals surface area contributed by atoms with Crippen LogP contribution in [0.2, 0.25) is 0 Å². The number of aryl methyl sites for hydroxylation is 1. The molecule has 36 heavy (non-hydrogen) atoms. The average Bonchev–Trinajstić information content (AvgIpc) is 3.57. The summed E-state index contributed by atoms with van der Waals surface area (Å²) < 4.78 is 11.9. The number of phenols is 1. The molecule has 2 aliphatic rings. The molecular weight excluding hydrogens is 454 g/mol. The van der Waals surface area contributed by atoms with Crippen LogP contribution >= 0.6 is 0 Å². The van der Waals surface area contributed by atoms with Crippen LogP contribution in [-0.2, 0) is 11.2 Å². The van der Waals surface area contributed by atoms with Crippen LogP contribution in [0.15, 0.2) is 47.0 Å². The van der Waals surface area contributed by atoms with Crippen molar-refractivity contribution in [1.29, 1.82) is 0 Å². The molecule has 1 aliphatic heterocycles. The Labute approximate surface area is 212 Å². The number of carbonyl (C=O) groups excluding carboxylic acids is 1. The van der Waals surface area contributed by atoms with E-state index >= 15 is 0 Å². The van der Waals surface area contributed by atoms with Crippen molar-refractivity contribution in [3.05, 3.63) is 48.2 Å². The van der Waals surface area contributed by atoms with Gasteiger partial charge in [-0.05, 0) is 94.1 Å². The molecule has 2 aromatic carbocycles. The molecule has 2 fully saturated rings. The number of aromatic hydroxyl groups is 1. The lowest BCUT2D eigenvalue weighted by Crippen LogP contribution is -2.27. The zero-order valence-electron chi connectivity index (χ0n) is 20.9. The van der Waals surface area contributed by atoms with Crippen LogP contribution in [0.5, 0.6) is 11.5 Å². The number of para-hydroxylation sites is 1. The molecule has 190 valence electrons. The van der Waals surface area contributed by atoms with Gasteiger partial charge in [0.15, 0.2) is 5.76 Å². The summed E-state index contributed by atoms with van der Waals surface area (Å²) in [4.78, 5) is 11.7. The molecule has 7 nitrogen and oxygen atoms in total. The van der Waals surface area contributed by atoms with E-state index in [9.17, 15) is 9.90 Å². The van der Waals surface area contributed by atoms with E-state index in [1.165, 1.54) is 19.8 Å². The van der Waals surface area contributed by atoms with Gasteiger partial charge in [-0.3, -0.25) is 4.79 Å². The van der Waals surface area contributed by atoms with Gasteiger partial charge in [0.05, 0.1) is 23.0 Å². The first-order valence-electron chi connectivity index (χ1n) is 13.1. The minimum Gasteiger partial charge on any atom is -0.507 e. The van der Waals surface area contributed by atoms with Crippen LogP contribution < -0.4 is 15.4 Å². The number of benzene rings is 2. The van der Waals surface area contributed by atoms with Crippen molar-refractivity contribution in [2.24, 2.45) is 5.92 Å². The lowest BCUT2D eigenvalue weighted by molar-refractivity contribution is -0.114. The second-order valence-corrected chi connectivity index (χ2v) is 10.0. The molecule has 3 aromatic rings. The number of anilines is 1. The molecule has 1 saturated carbocycles. The molecule has 0 unspecified atom stereocenters. The Morgan fingerprint density at radius 2 is 1.89 bits per heavy atom. The molecular formula is C29H35N3O4. The van der Waals surface area contributed by atoms with E-state index in [0.717, 1.165) is 68.8 Å². The summed E-state index contributed by atoms with van der Waals surface area (Å²) in [6, 6.07) is 13.2. The van der Waals surface area contributed by atoms with Crippen molar-refractivity contribution >= 4 is 11.6 Å². The average molecular weight is 490 g/mol. The normalized spacial score (nSPS) is 16.8. The zero-order chi connectivity index (χ0) is 24.9. The van der Waals surface area contributed by atoms with Crippen molar-refractivity contribution < 1.29 is 19.2 Å². The molecule has 7 heteroatoms. The zero-order valence-corrected chi connectivity index (χ0v) is 20.9. The van der Waals surface area contributed by atoms with E-state index in [1.807, 2.05) is 42.5 Å². The second kappa shape index (κ2) is 11.2. The smallest absolute Gasteiger partial charge is 0.221 e. The minimum absolute atomic E-state index is 0.137. The summed E-state index contributed by atoms with van der Waals surface area (Å²) >= 11 is 0. The number of nitrogens with one attached hydrogen (secondary N) is 2. The number of amides is 1. The van der Waals surface area contributed by atoms with E-state index in [1.54, 1.807) is 0 Å². The SMILES string of the molecule is CC(=O)Nc1ccc(-c2cccc(-c3cc(CCC4CCNCC4)no3)c2O)cc1OC1CCCC1. The largest absolute Gasteiger partial charge is 0.507 e.